The fourth-order valence-corrected chi connectivity index (χ4v) is 2.41. The van der Waals surface area contributed by atoms with E-state index >= 15 is 0 Å². The molecule has 0 aliphatic rings. The van der Waals surface area contributed by atoms with Gasteiger partial charge in [-0.2, -0.15) is 0 Å². The summed E-state index contributed by atoms with van der Waals surface area (Å²) in [5.41, 5.74) is 1.05. The van der Waals surface area contributed by atoms with Crippen molar-refractivity contribution in [3.8, 4) is 5.75 Å². The van der Waals surface area contributed by atoms with Crippen molar-refractivity contribution in [1.82, 2.24) is 4.57 Å². The van der Waals surface area contributed by atoms with Crippen LogP contribution in [0.2, 0.25) is 0 Å². The Balaban J connectivity index is 1.86. The number of aromatic carboxylic acids is 1. The predicted molar refractivity (Wildman–Crippen MR) is 82.5 cm³/mol. The van der Waals surface area contributed by atoms with Crippen LogP contribution < -0.4 is 4.74 Å². The van der Waals surface area contributed by atoms with Crippen molar-refractivity contribution < 1.29 is 19.1 Å². The Hall–Kier alpha value is -2.69. The number of fused-ring (bicyclic) bond motifs is 1. The molecular formula is C17H17NO4. The number of ether oxygens (including phenoxy) is 1. The van der Waals surface area contributed by atoms with Crippen molar-refractivity contribution in [2.75, 3.05) is 0 Å². The Bertz CT molecular complexity index is 813. The zero-order valence-corrected chi connectivity index (χ0v) is 12.4. The Morgan fingerprint density at radius 1 is 1.27 bits per heavy atom. The molecule has 0 fully saturated rings. The van der Waals surface area contributed by atoms with Crippen molar-refractivity contribution in [2.24, 2.45) is 0 Å². The quantitative estimate of drug-likeness (QED) is 0.779. The number of hydrogen-bond acceptors (Lipinski definition) is 3. The highest BCUT2D eigenvalue weighted by Gasteiger charge is 2.10. The fourth-order valence-electron chi connectivity index (χ4n) is 2.41. The van der Waals surface area contributed by atoms with Crippen LogP contribution in [0.3, 0.4) is 0 Å². The summed E-state index contributed by atoms with van der Waals surface area (Å²) in [6, 6.07) is 11.1. The van der Waals surface area contributed by atoms with E-state index in [4.69, 9.17) is 14.3 Å². The minimum absolute atomic E-state index is 0.0425. The molecule has 0 aliphatic carbocycles. The van der Waals surface area contributed by atoms with E-state index in [1.54, 1.807) is 6.07 Å². The highest BCUT2D eigenvalue weighted by molar-refractivity contribution is 5.84. The third-order valence-electron chi connectivity index (χ3n) is 3.31. The number of furan rings is 1. The van der Waals surface area contributed by atoms with Gasteiger partial charge in [-0.25, -0.2) is 4.79 Å². The van der Waals surface area contributed by atoms with Gasteiger partial charge in [0.1, 0.15) is 11.5 Å². The number of rotatable bonds is 5. The number of carbonyl (C=O) groups is 1. The molecule has 3 rings (SSSR count). The first-order valence-corrected chi connectivity index (χ1v) is 7.10. The molecule has 5 nitrogen and oxygen atoms in total. The van der Waals surface area contributed by atoms with Gasteiger partial charge in [-0.05, 0) is 50.2 Å². The van der Waals surface area contributed by atoms with E-state index in [9.17, 15) is 4.79 Å². The molecule has 2 aromatic heterocycles. The first kappa shape index (κ1) is 14.3. The molecule has 5 heteroatoms. The van der Waals surface area contributed by atoms with Crippen molar-refractivity contribution in [3.63, 3.8) is 0 Å². The fraction of sp³-hybridized carbons (Fsp3) is 0.235. The molecule has 0 radical (unpaired) electrons. The van der Waals surface area contributed by atoms with Gasteiger partial charge in [0.05, 0.1) is 12.6 Å². The summed E-state index contributed by atoms with van der Waals surface area (Å²) in [7, 11) is 0. The molecule has 0 saturated heterocycles. The standard InChI is InChI=1S/C17H17NO4/c1-11(2)21-13-3-5-15-12(9-13)7-8-18(15)10-14-4-6-16(22-14)17(19)20/h3-9,11H,10H2,1-2H3,(H,19,20). The van der Waals surface area contributed by atoms with Crippen LogP contribution in [0.1, 0.15) is 30.2 Å². The van der Waals surface area contributed by atoms with E-state index in [0.717, 1.165) is 16.7 Å². The number of carboxylic acids is 1. The van der Waals surface area contributed by atoms with Crippen LogP contribution in [0.5, 0.6) is 5.75 Å². The number of carboxylic acid groups (broad SMARTS) is 1. The lowest BCUT2D eigenvalue weighted by Crippen LogP contribution is -2.05. The molecule has 0 saturated carbocycles. The van der Waals surface area contributed by atoms with Crippen LogP contribution in [0.25, 0.3) is 10.9 Å². The molecule has 0 unspecified atom stereocenters. The summed E-state index contributed by atoms with van der Waals surface area (Å²) in [5, 5.41) is 9.96. The molecule has 0 atom stereocenters. The second kappa shape index (κ2) is 5.60. The average Bonchev–Trinajstić information content (AvgIpc) is 3.06. The summed E-state index contributed by atoms with van der Waals surface area (Å²) < 4.78 is 13.0. The SMILES string of the molecule is CC(C)Oc1ccc2c(ccn2Cc2ccc(C(=O)O)o2)c1. The van der Waals surface area contributed by atoms with Gasteiger partial charge in [-0.3, -0.25) is 0 Å². The van der Waals surface area contributed by atoms with Crippen molar-refractivity contribution in [2.45, 2.75) is 26.5 Å². The van der Waals surface area contributed by atoms with Crippen LogP contribution >= 0.6 is 0 Å². The third-order valence-corrected chi connectivity index (χ3v) is 3.31. The largest absolute Gasteiger partial charge is 0.491 e. The molecule has 1 N–H and O–H groups in total. The molecular weight excluding hydrogens is 282 g/mol. The Kier molecular flexibility index (Phi) is 3.63. The average molecular weight is 299 g/mol. The van der Waals surface area contributed by atoms with Gasteiger partial charge >= 0.3 is 5.97 Å². The Labute approximate surface area is 127 Å². The maximum Gasteiger partial charge on any atom is 0.371 e. The van der Waals surface area contributed by atoms with E-state index in [0.29, 0.717) is 12.3 Å². The van der Waals surface area contributed by atoms with Gasteiger partial charge in [-0.15, -0.1) is 0 Å². The molecule has 114 valence electrons. The van der Waals surface area contributed by atoms with Gasteiger partial charge in [0.15, 0.2) is 0 Å². The molecule has 0 spiro atoms. The number of aromatic nitrogens is 1. The normalized spacial score (nSPS) is 11.2. The Morgan fingerprint density at radius 2 is 2.09 bits per heavy atom. The summed E-state index contributed by atoms with van der Waals surface area (Å²) in [5.74, 6) is 0.349. The zero-order valence-electron chi connectivity index (χ0n) is 12.4. The van der Waals surface area contributed by atoms with Crippen LogP contribution in [0.15, 0.2) is 47.0 Å². The van der Waals surface area contributed by atoms with Crippen LogP contribution in [0, 0.1) is 0 Å². The van der Waals surface area contributed by atoms with Gasteiger partial charge in [0.2, 0.25) is 5.76 Å². The third kappa shape index (κ3) is 2.83. The minimum atomic E-state index is -1.06. The van der Waals surface area contributed by atoms with Crippen molar-refractivity contribution >= 4 is 16.9 Å². The lowest BCUT2D eigenvalue weighted by molar-refractivity contribution is 0.0660. The second-order valence-corrected chi connectivity index (χ2v) is 5.40. The Morgan fingerprint density at radius 3 is 2.77 bits per heavy atom. The van der Waals surface area contributed by atoms with Crippen LogP contribution in [-0.2, 0) is 6.54 Å². The monoisotopic (exact) mass is 299 g/mol. The predicted octanol–water partition coefficient (Wildman–Crippen LogP) is 3.77. The van der Waals surface area contributed by atoms with Gasteiger partial charge in [0, 0.05) is 17.1 Å². The van der Waals surface area contributed by atoms with E-state index in [1.807, 2.05) is 48.9 Å². The lowest BCUT2D eigenvalue weighted by atomic mass is 10.2. The molecule has 0 aliphatic heterocycles. The number of hydrogen-bond donors (Lipinski definition) is 1. The summed E-state index contributed by atoms with van der Waals surface area (Å²) in [6.07, 6.45) is 2.09. The zero-order chi connectivity index (χ0) is 15.7. The first-order chi connectivity index (χ1) is 10.5. The molecule has 3 aromatic rings. The maximum atomic E-state index is 10.8. The topological polar surface area (TPSA) is 64.6 Å². The van der Waals surface area contributed by atoms with Crippen LogP contribution in [-0.4, -0.2) is 21.7 Å². The molecule has 1 aromatic carbocycles. The summed E-state index contributed by atoms with van der Waals surface area (Å²) in [4.78, 5) is 10.8. The highest BCUT2D eigenvalue weighted by Crippen LogP contribution is 2.24. The van der Waals surface area contributed by atoms with E-state index in [2.05, 4.69) is 0 Å². The lowest BCUT2D eigenvalue weighted by Gasteiger charge is -2.10. The molecule has 2 heterocycles. The van der Waals surface area contributed by atoms with Gasteiger partial charge in [-0.1, -0.05) is 0 Å². The summed E-state index contributed by atoms with van der Waals surface area (Å²) >= 11 is 0. The van der Waals surface area contributed by atoms with E-state index in [1.165, 1.54) is 6.07 Å². The van der Waals surface area contributed by atoms with Crippen molar-refractivity contribution in [3.05, 3.63) is 54.1 Å². The van der Waals surface area contributed by atoms with Crippen molar-refractivity contribution in [1.29, 1.82) is 0 Å². The molecule has 22 heavy (non-hydrogen) atoms. The smallest absolute Gasteiger partial charge is 0.371 e. The summed E-state index contributed by atoms with van der Waals surface area (Å²) in [6.45, 7) is 4.47. The van der Waals surface area contributed by atoms with E-state index < -0.39 is 5.97 Å². The minimum Gasteiger partial charge on any atom is -0.491 e. The van der Waals surface area contributed by atoms with E-state index in [-0.39, 0.29) is 11.9 Å². The number of nitrogens with zero attached hydrogens (tertiary/aromatic N) is 1. The first-order valence-electron chi connectivity index (χ1n) is 7.10. The van der Waals surface area contributed by atoms with Gasteiger partial charge in [0.25, 0.3) is 0 Å². The van der Waals surface area contributed by atoms with Gasteiger partial charge < -0.3 is 18.8 Å². The highest BCUT2D eigenvalue weighted by atomic mass is 16.5. The second-order valence-electron chi connectivity index (χ2n) is 5.40. The number of benzene rings is 1. The molecule has 0 bridgehead atoms. The van der Waals surface area contributed by atoms with Crippen LogP contribution in [0.4, 0.5) is 0 Å². The maximum absolute atomic E-state index is 10.8. The molecule has 0 amide bonds.